The Morgan fingerprint density at radius 2 is 1.93 bits per heavy atom. The number of benzene rings is 1. The summed E-state index contributed by atoms with van der Waals surface area (Å²) in [5.74, 6) is 2.18. The predicted molar refractivity (Wildman–Crippen MR) is 106 cm³/mol. The maximum absolute atomic E-state index is 13.1. The Balaban J connectivity index is 1.45. The lowest BCUT2D eigenvalue weighted by Gasteiger charge is -2.23. The molecule has 0 radical (unpaired) electrons. The number of ether oxygens (including phenoxy) is 2. The third kappa shape index (κ3) is 4.18. The summed E-state index contributed by atoms with van der Waals surface area (Å²) in [5, 5.41) is 8.42. The molecule has 0 N–H and O–H groups in total. The van der Waals surface area contributed by atoms with Gasteiger partial charge in [0.2, 0.25) is 0 Å². The summed E-state index contributed by atoms with van der Waals surface area (Å²) in [5.41, 5.74) is 1.48. The fourth-order valence-electron chi connectivity index (χ4n) is 3.38. The normalized spacial score (nSPS) is 17.2. The van der Waals surface area contributed by atoms with E-state index in [4.69, 9.17) is 9.47 Å². The largest absolute Gasteiger partial charge is 0.496 e. The van der Waals surface area contributed by atoms with E-state index in [1.807, 2.05) is 42.2 Å². The minimum atomic E-state index is -0.00772. The van der Waals surface area contributed by atoms with Crippen LogP contribution in [0.2, 0.25) is 0 Å². The van der Waals surface area contributed by atoms with Crippen molar-refractivity contribution in [3.05, 3.63) is 41.6 Å². The van der Waals surface area contributed by atoms with Gasteiger partial charge < -0.3 is 19.3 Å². The second-order valence-corrected chi connectivity index (χ2v) is 7.35. The molecule has 1 saturated carbocycles. The summed E-state index contributed by atoms with van der Waals surface area (Å²) in [6, 6.07) is 9.44. The number of amides is 1. The highest BCUT2D eigenvalue weighted by Crippen LogP contribution is 2.31. The van der Waals surface area contributed by atoms with Gasteiger partial charge in [0.05, 0.1) is 24.5 Å². The van der Waals surface area contributed by atoms with Crippen LogP contribution in [0.3, 0.4) is 0 Å². The van der Waals surface area contributed by atoms with Gasteiger partial charge in [-0.3, -0.25) is 4.79 Å². The number of aromatic nitrogens is 2. The molecule has 148 valence electrons. The first-order valence-corrected chi connectivity index (χ1v) is 9.83. The molecule has 1 aromatic carbocycles. The van der Waals surface area contributed by atoms with Crippen LogP contribution < -0.4 is 14.4 Å². The molecule has 7 nitrogen and oxygen atoms in total. The zero-order chi connectivity index (χ0) is 19.5. The number of anilines is 1. The summed E-state index contributed by atoms with van der Waals surface area (Å²) in [6.45, 7) is 4.85. The molecule has 0 bridgehead atoms. The van der Waals surface area contributed by atoms with Gasteiger partial charge in [-0.25, -0.2) is 0 Å². The summed E-state index contributed by atoms with van der Waals surface area (Å²) >= 11 is 0. The smallest absolute Gasteiger partial charge is 0.257 e. The highest BCUT2D eigenvalue weighted by Gasteiger charge is 2.26. The lowest BCUT2D eigenvalue weighted by molar-refractivity contribution is 0.0763. The van der Waals surface area contributed by atoms with Crippen molar-refractivity contribution in [1.82, 2.24) is 15.1 Å². The summed E-state index contributed by atoms with van der Waals surface area (Å²) in [4.78, 5) is 17.2. The number of rotatable bonds is 5. The Hall–Kier alpha value is -2.83. The third-order valence-electron chi connectivity index (χ3n) is 5.12. The van der Waals surface area contributed by atoms with Gasteiger partial charge >= 0.3 is 0 Å². The summed E-state index contributed by atoms with van der Waals surface area (Å²) in [6.07, 6.45) is 3.39. The van der Waals surface area contributed by atoms with E-state index in [0.29, 0.717) is 30.5 Å². The topological polar surface area (TPSA) is 67.8 Å². The Bertz CT molecular complexity index is 836. The fraction of sp³-hybridized carbons (Fsp3) is 0.476. The van der Waals surface area contributed by atoms with Crippen LogP contribution in [0, 0.1) is 6.92 Å². The molecule has 1 aliphatic heterocycles. The van der Waals surface area contributed by atoms with E-state index in [9.17, 15) is 4.79 Å². The molecule has 2 aromatic rings. The Labute approximate surface area is 165 Å². The first-order chi connectivity index (χ1) is 13.6. The number of aryl methyl sites for hydroxylation is 1. The zero-order valence-corrected chi connectivity index (χ0v) is 16.4. The van der Waals surface area contributed by atoms with Crippen molar-refractivity contribution in [2.45, 2.75) is 32.3 Å². The molecule has 0 atom stereocenters. The highest BCUT2D eigenvalue weighted by atomic mass is 16.5. The van der Waals surface area contributed by atoms with Gasteiger partial charge in [-0.1, -0.05) is 0 Å². The average Bonchev–Trinajstić information content (AvgIpc) is 3.54. The number of hydrogen-bond donors (Lipinski definition) is 0. The van der Waals surface area contributed by atoms with E-state index in [0.717, 1.165) is 49.6 Å². The van der Waals surface area contributed by atoms with Crippen molar-refractivity contribution >= 4 is 11.7 Å². The van der Waals surface area contributed by atoms with Crippen LogP contribution in [-0.4, -0.2) is 60.4 Å². The lowest BCUT2D eigenvalue weighted by Crippen LogP contribution is -2.35. The predicted octanol–water partition coefficient (Wildman–Crippen LogP) is 2.69. The number of methoxy groups -OCH3 is 1. The molecule has 2 heterocycles. The average molecular weight is 382 g/mol. The van der Waals surface area contributed by atoms with Crippen molar-refractivity contribution in [3.8, 4) is 11.5 Å². The van der Waals surface area contributed by atoms with Crippen molar-refractivity contribution < 1.29 is 14.3 Å². The number of nitrogens with zero attached hydrogens (tertiary/aromatic N) is 4. The maximum Gasteiger partial charge on any atom is 0.257 e. The molecule has 0 spiro atoms. The van der Waals surface area contributed by atoms with Gasteiger partial charge in [0.15, 0.2) is 5.82 Å². The molecular weight excluding hydrogens is 356 g/mol. The van der Waals surface area contributed by atoms with Crippen LogP contribution in [0.1, 0.15) is 35.3 Å². The molecule has 7 heteroatoms. The van der Waals surface area contributed by atoms with Gasteiger partial charge in [-0.2, -0.15) is 5.10 Å². The number of carbonyl (C=O) groups excluding carboxylic acids is 1. The first-order valence-electron chi connectivity index (χ1n) is 9.83. The van der Waals surface area contributed by atoms with Crippen molar-refractivity contribution in [2.75, 3.05) is 38.2 Å². The van der Waals surface area contributed by atoms with Gasteiger partial charge in [0, 0.05) is 32.2 Å². The fourth-order valence-corrected chi connectivity index (χ4v) is 3.38. The quantitative estimate of drug-likeness (QED) is 0.792. The van der Waals surface area contributed by atoms with Crippen LogP contribution >= 0.6 is 0 Å². The molecule has 1 amide bonds. The second kappa shape index (κ2) is 8.04. The maximum atomic E-state index is 13.1. The van der Waals surface area contributed by atoms with Gasteiger partial charge in [0.1, 0.15) is 11.5 Å². The van der Waals surface area contributed by atoms with Crippen molar-refractivity contribution in [1.29, 1.82) is 0 Å². The van der Waals surface area contributed by atoms with Gasteiger partial charge in [0.25, 0.3) is 5.91 Å². The van der Waals surface area contributed by atoms with Crippen LogP contribution in [0.4, 0.5) is 5.82 Å². The van der Waals surface area contributed by atoms with E-state index in [1.54, 1.807) is 7.11 Å². The number of hydrogen-bond acceptors (Lipinski definition) is 6. The van der Waals surface area contributed by atoms with Crippen LogP contribution in [-0.2, 0) is 0 Å². The molecule has 4 rings (SSSR count). The van der Waals surface area contributed by atoms with Crippen LogP contribution in [0.5, 0.6) is 11.5 Å². The molecule has 0 unspecified atom stereocenters. The molecule has 2 fully saturated rings. The number of carbonyl (C=O) groups is 1. The van der Waals surface area contributed by atoms with Gasteiger partial charge in [-0.15, -0.1) is 5.10 Å². The molecular formula is C21H26N4O3. The second-order valence-electron chi connectivity index (χ2n) is 7.35. The molecule has 1 aromatic heterocycles. The minimum absolute atomic E-state index is 0.00772. The monoisotopic (exact) mass is 382 g/mol. The van der Waals surface area contributed by atoms with Crippen molar-refractivity contribution in [3.63, 3.8) is 0 Å². The van der Waals surface area contributed by atoms with Crippen LogP contribution in [0.15, 0.2) is 30.3 Å². The Morgan fingerprint density at radius 1 is 1.07 bits per heavy atom. The highest BCUT2D eigenvalue weighted by molar-refractivity contribution is 5.97. The summed E-state index contributed by atoms with van der Waals surface area (Å²) < 4.78 is 11.3. The van der Waals surface area contributed by atoms with E-state index in [-0.39, 0.29) is 5.91 Å². The van der Waals surface area contributed by atoms with E-state index < -0.39 is 0 Å². The Kier molecular flexibility index (Phi) is 5.32. The molecule has 28 heavy (non-hydrogen) atoms. The van der Waals surface area contributed by atoms with Crippen molar-refractivity contribution in [2.24, 2.45) is 0 Å². The zero-order valence-electron chi connectivity index (χ0n) is 16.4. The summed E-state index contributed by atoms with van der Waals surface area (Å²) in [7, 11) is 1.59. The SMILES string of the molecule is COc1cc(OC2CC2)ccc1C(=O)N1CCCN(c2ccc(C)nn2)CC1. The Morgan fingerprint density at radius 3 is 2.64 bits per heavy atom. The standard InChI is InChI=1S/C21H26N4O3/c1-15-4-9-20(23-22-15)24-10-3-11-25(13-12-24)21(26)18-8-7-17(14-19(18)27-2)28-16-5-6-16/h4,7-9,14,16H,3,5-6,10-13H2,1-2H3. The van der Waals surface area contributed by atoms with Gasteiger partial charge in [-0.05, 0) is 50.5 Å². The van der Waals surface area contributed by atoms with E-state index in [1.165, 1.54) is 0 Å². The minimum Gasteiger partial charge on any atom is -0.496 e. The lowest BCUT2D eigenvalue weighted by atomic mass is 10.1. The third-order valence-corrected chi connectivity index (χ3v) is 5.12. The van der Waals surface area contributed by atoms with E-state index in [2.05, 4.69) is 15.1 Å². The molecule has 1 aliphatic carbocycles. The first kappa shape index (κ1) is 18.5. The van der Waals surface area contributed by atoms with E-state index >= 15 is 0 Å². The molecule has 2 aliphatic rings. The van der Waals surface area contributed by atoms with Crippen LogP contribution in [0.25, 0.3) is 0 Å². The molecule has 1 saturated heterocycles.